The van der Waals surface area contributed by atoms with Gasteiger partial charge in [-0.15, -0.1) is 0 Å². The lowest BCUT2D eigenvalue weighted by Crippen LogP contribution is -2.38. The van der Waals surface area contributed by atoms with E-state index in [1.165, 1.54) is 11.6 Å². The standard InChI is InChI=1S/C16H26N4O4/c1-5-12(9-13(22)17-7-6-8-21)10-18-14-11(2)15(23)20(4)16(24)19(14)3/h10,12,21H,5-9H2,1-4H3,(H,17,22). The van der Waals surface area contributed by atoms with E-state index >= 15 is 0 Å². The molecule has 1 aromatic heterocycles. The molecule has 8 nitrogen and oxygen atoms in total. The summed E-state index contributed by atoms with van der Waals surface area (Å²) in [7, 11) is 2.99. The van der Waals surface area contributed by atoms with E-state index in [0.717, 1.165) is 4.57 Å². The fraction of sp³-hybridized carbons (Fsp3) is 0.625. The molecule has 134 valence electrons. The largest absolute Gasteiger partial charge is 0.396 e. The third-order valence-electron chi connectivity index (χ3n) is 3.89. The molecule has 0 saturated carbocycles. The zero-order chi connectivity index (χ0) is 18.3. The molecule has 1 aromatic rings. The molecule has 0 bridgehead atoms. The van der Waals surface area contributed by atoms with Crippen molar-refractivity contribution in [3.8, 4) is 0 Å². The molecule has 2 N–H and O–H groups in total. The number of hydrogen-bond donors (Lipinski definition) is 2. The molecular weight excluding hydrogens is 312 g/mol. The van der Waals surface area contributed by atoms with Crippen LogP contribution in [0.3, 0.4) is 0 Å². The van der Waals surface area contributed by atoms with Gasteiger partial charge in [-0.05, 0) is 19.8 Å². The summed E-state index contributed by atoms with van der Waals surface area (Å²) in [5, 5.41) is 11.4. The van der Waals surface area contributed by atoms with Gasteiger partial charge in [0.05, 0.1) is 5.56 Å². The second-order valence-corrected chi connectivity index (χ2v) is 5.73. The molecule has 0 saturated heterocycles. The Bertz CT molecular complexity index is 681. The number of rotatable bonds is 8. The van der Waals surface area contributed by atoms with E-state index in [-0.39, 0.29) is 30.4 Å². The predicted octanol–water partition coefficient (Wildman–Crippen LogP) is 0.00962. The zero-order valence-corrected chi connectivity index (χ0v) is 14.7. The molecule has 0 aliphatic carbocycles. The van der Waals surface area contributed by atoms with E-state index in [1.54, 1.807) is 20.2 Å². The fourth-order valence-electron chi connectivity index (χ4n) is 2.28. The number of nitrogens with one attached hydrogen (secondary N) is 1. The van der Waals surface area contributed by atoms with Gasteiger partial charge in [0.25, 0.3) is 5.56 Å². The van der Waals surface area contributed by atoms with Crippen molar-refractivity contribution in [2.75, 3.05) is 13.2 Å². The van der Waals surface area contributed by atoms with Crippen LogP contribution in [-0.4, -0.2) is 39.5 Å². The van der Waals surface area contributed by atoms with Crippen LogP contribution in [0.5, 0.6) is 0 Å². The van der Waals surface area contributed by atoms with Crippen molar-refractivity contribution in [3.05, 3.63) is 26.4 Å². The van der Waals surface area contributed by atoms with Crippen LogP contribution in [0.4, 0.5) is 5.82 Å². The molecule has 1 heterocycles. The molecule has 1 atom stereocenters. The van der Waals surface area contributed by atoms with Gasteiger partial charge < -0.3 is 10.4 Å². The van der Waals surface area contributed by atoms with E-state index in [2.05, 4.69) is 10.3 Å². The molecule has 24 heavy (non-hydrogen) atoms. The third-order valence-corrected chi connectivity index (χ3v) is 3.89. The number of amides is 1. The van der Waals surface area contributed by atoms with Gasteiger partial charge in [-0.3, -0.25) is 18.7 Å². The van der Waals surface area contributed by atoms with Gasteiger partial charge in [0.1, 0.15) is 5.82 Å². The van der Waals surface area contributed by atoms with Crippen LogP contribution in [0.1, 0.15) is 31.7 Å². The second-order valence-electron chi connectivity index (χ2n) is 5.73. The zero-order valence-electron chi connectivity index (χ0n) is 14.7. The first kappa shape index (κ1) is 19.8. The molecule has 8 heteroatoms. The number of aromatic nitrogens is 2. The van der Waals surface area contributed by atoms with Crippen LogP contribution >= 0.6 is 0 Å². The van der Waals surface area contributed by atoms with Crippen LogP contribution in [0.15, 0.2) is 14.6 Å². The van der Waals surface area contributed by atoms with Crippen molar-refractivity contribution < 1.29 is 9.90 Å². The summed E-state index contributed by atoms with van der Waals surface area (Å²) in [6.45, 7) is 4.03. The van der Waals surface area contributed by atoms with E-state index in [1.807, 2.05) is 6.92 Å². The Labute approximate surface area is 140 Å². The first-order valence-electron chi connectivity index (χ1n) is 8.01. The minimum atomic E-state index is -0.437. The Morgan fingerprint density at radius 2 is 2.00 bits per heavy atom. The molecule has 1 amide bonds. The van der Waals surface area contributed by atoms with Gasteiger partial charge in [0, 0.05) is 45.8 Å². The quantitative estimate of drug-likeness (QED) is 0.514. The molecule has 1 rings (SSSR count). The summed E-state index contributed by atoms with van der Waals surface area (Å²) in [6, 6.07) is 0. The normalized spacial score (nSPS) is 12.5. The van der Waals surface area contributed by atoms with Crippen LogP contribution in [0, 0.1) is 12.8 Å². The summed E-state index contributed by atoms with van der Waals surface area (Å²) in [6.07, 6.45) is 3.11. The Hall–Kier alpha value is -2.22. The van der Waals surface area contributed by atoms with Crippen LogP contribution in [0.25, 0.3) is 0 Å². The molecule has 0 aromatic carbocycles. The van der Waals surface area contributed by atoms with Crippen LogP contribution in [-0.2, 0) is 18.9 Å². The maximum atomic E-state index is 12.0. The summed E-state index contributed by atoms with van der Waals surface area (Å²) in [5.41, 5.74) is -0.425. The smallest absolute Gasteiger partial charge is 0.332 e. The number of nitrogens with zero attached hydrogens (tertiary/aromatic N) is 3. The molecule has 0 fully saturated rings. The maximum Gasteiger partial charge on any atom is 0.332 e. The minimum Gasteiger partial charge on any atom is -0.396 e. The van der Waals surface area contributed by atoms with Gasteiger partial charge in [0.15, 0.2) is 0 Å². The summed E-state index contributed by atoms with van der Waals surface area (Å²) in [5.74, 6) is 0.0938. The number of carbonyl (C=O) groups excluding carboxylic acids is 1. The Morgan fingerprint density at radius 1 is 1.33 bits per heavy atom. The second kappa shape index (κ2) is 9.17. The van der Waals surface area contributed by atoms with Gasteiger partial charge in [-0.25, -0.2) is 9.79 Å². The van der Waals surface area contributed by atoms with E-state index < -0.39 is 5.69 Å². The van der Waals surface area contributed by atoms with E-state index in [4.69, 9.17) is 5.11 Å². The Kier molecular flexibility index (Phi) is 7.57. The van der Waals surface area contributed by atoms with Crippen molar-refractivity contribution in [2.24, 2.45) is 25.0 Å². The molecular formula is C16H26N4O4. The number of aliphatic imine (C=N–C) groups is 1. The lowest BCUT2D eigenvalue weighted by Gasteiger charge is -2.12. The Balaban J connectivity index is 2.92. The van der Waals surface area contributed by atoms with Gasteiger partial charge in [0.2, 0.25) is 5.91 Å². The van der Waals surface area contributed by atoms with E-state index in [9.17, 15) is 14.4 Å². The van der Waals surface area contributed by atoms with Crippen molar-refractivity contribution in [3.63, 3.8) is 0 Å². The first-order valence-corrected chi connectivity index (χ1v) is 8.01. The van der Waals surface area contributed by atoms with Crippen LogP contribution in [0.2, 0.25) is 0 Å². The van der Waals surface area contributed by atoms with Gasteiger partial charge in [-0.1, -0.05) is 6.92 Å². The summed E-state index contributed by atoms with van der Waals surface area (Å²) >= 11 is 0. The summed E-state index contributed by atoms with van der Waals surface area (Å²) in [4.78, 5) is 40.1. The SMILES string of the molecule is CCC(C=Nc1c(C)c(=O)n(C)c(=O)n1C)CC(=O)NCCCO. The highest BCUT2D eigenvalue weighted by molar-refractivity contribution is 5.80. The minimum absolute atomic E-state index is 0.0369. The summed E-state index contributed by atoms with van der Waals surface area (Å²) < 4.78 is 2.36. The monoisotopic (exact) mass is 338 g/mol. The average molecular weight is 338 g/mol. The van der Waals surface area contributed by atoms with Crippen molar-refractivity contribution >= 4 is 17.9 Å². The van der Waals surface area contributed by atoms with E-state index in [0.29, 0.717) is 30.8 Å². The van der Waals surface area contributed by atoms with Gasteiger partial charge in [-0.2, -0.15) is 0 Å². The number of aliphatic hydroxyl groups is 1. The highest BCUT2D eigenvalue weighted by Crippen LogP contribution is 2.13. The maximum absolute atomic E-state index is 12.0. The van der Waals surface area contributed by atoms with Gasteiger partial charge >= 0.3 is 5.69 Å². The molecule has 0 spiro atoms. The average Bonchev–Trinajstić information content (AvgIpc) is 2.57. The number of aliphatic hydroxyl groups excluding tert-OH is 1. The molecule has 0 aliphatic rings. The van der Waals surface area contributed by atoms with Crippen LogP contribution < -0.4 is 16.6 Å². The topological polar surface area (TPSA) is 106 Å². The Morgan fingerprint density at radius 3 is 2.58 bits per heavy atom. The lowest BCUT2D eigenvalue weighted by molar-refractivity contribution is -0.121. The number of hydrogen-bond acceptors (Lipinski definition) is 5. The highest BCUT2D eigenvalue weighted by Gasteiger charge is 2.13. The first-order chi connectivity index (χ1) is 11.3. The molecule has 0 aliphatic heterocycles. The third kappa shape index (κ3) is 4.89. The number of carbonyl (C=O) groups is 1. The fourth-order valence-corrected chi connectivity index (χ4v) is 2.28. The van der Waals surface area contributed by atoms with Crippen molar-refractivity contribution in [1.82, 2.24) is 14.5 Å². The molecule has 0 radical (unpaired) electrons. The molecule has 1 unspecified atom stereocenters. The lowest BCUT2D eigenvalue weighted by atomic mass is 10.0. The highest BCUT2D eigenvalue weighted by atomic mass is 16.3. The van der Waals surface area contributed by atoms with Crippen molar-refractivity contribution in [2.45, 2.75) is 33.1 Å². The van der Waals surface area contributed by atoms with Crippen molar-refractivity contribution in [1.29, 1.82) is 0 Å². The predicted molar refractivity (Wildman–Crippen MR) is 92.9 cm³/mol.